The lowest BCUT2D eigenvalue weighted by atomic mass is 9.96. The Bertz CT molecular complexity index is 682. The van der Waals surface area contributed by atoms with Gasteiger partial charge in [-0.3, -0.25) is 4.79 Å². The molecule has 2 N–H and O–H groups in total. The highest BCUT2D eigenvalue weighted by atomic mass is 16.5. The Hall–Kier alpha value is -2.07. The largest absolute Gasteiger partial charge is 0.497 e. The molecule has 0 saturated carbocycles. The van der Waals surface area contributed by atoms with Crippen molar-refractivity contribution in [3.05, 3.63) is 58.0 Å². The van der Waals surface area contributed by atoms with Gasteiger partial charge in [0, 0.05) is 40.8 Å². The van der Waals surface area contributed by atoms with E-state index in [9.17, 15) is 4.79 Å². The van der Waals surface area contributed by atoms with E-state index in [1.54, 1.807) is 13.2 Å². The number of rotatable bonds is 3. The van der Waals surface area contributed by atoms with Gasteiger partial charge in [-0.25, -0.2) is 0 Å². The van der Waals surface area contributed by atoms with Gasteiger partial charge in [0.1, 0.15) is 5.75 Å². The summed E-state index contributed by atoms with van der Waals surface area (Å²) in [6.45, 7) is 5.55. The maximum Gasteiger partial charge on any atom is 0.186 e. The third kappa shape index (κ3) is 2.75. The minimum atomic E-state index is -0.675. The van der Waals surface area contributed by atoms with Gasteiger partial charge in [-0.05, 0) is 32.9 Å². The van der Waals surface area contributed by atoms with Crippen molar-refractivity contribution in [1.29, 1.82) is 0 Å². The van der Waals surface area contributed by atoms with Gasteiger partial charge in [0.2, 0.25) is 0 Å². The number of nitrogens with zero attached hydrogens (tertiary/aromatic N) is 1. The SMILES string of the molecule is COc1cccc(-n2cc(C(C)(C)N)c(=O)cc2C)c1. The van der Waals surface area contributed by atoms with Crippen LogP contribution in [0.1, 0.15) is 25.1 Å². The highest BCUT2D eigenvalue weighted by Crippen LogP contribution is 2.20. The Morgan fingerprint density at radius 1 is 1.25 bits per heavy atom. The van der Waals surface area contributed by atoms with Crippen molar-refractivity contribution in [3.8, 4) is 11.4 Å². The molecule has 0 aliphatic rings. The van der Waals surface area contributed by atoms with Crippen LogP contribution in [0.25, 0.3) is 5.69 Å². The molecule has 0 radical (unpaired) electrons. The Kier molecular flexibility index (Phi) is 3.68. The Labute approximate surface area is 118 Å². The molecule has 0 fully saturated rings. The van der Waals surface area contributed by atoms with Crippen LogP contribution in [0.4, 0.5) is 0 Å². The van der Waals surface area contributed by atoms with E-state index < -0.39 is 5.54 Å². The van der Waals surface area contributed by atoms with Crippen molar-refractivity contribution in [2.24, 2.45) is 5.73 Å². The van der Waals surface area contributed by atoms with Crippen LogP contribution in [0.3, 0.4) is 0 Å². The summed E-state index contributed by atoms with van der Waals surface area (Å²) in [5.41, 5.74) is 7.75. The van der Waals surface area contributed by atoms with Gasteiger partial charge in [-0.15, -0.1) is 0 Å². The highest BCUT2D eigenvalue weighted by molar-refractivity contribution is 5.42. The summed E-state index contributed by atoms with van der Waals surface area (Å²) in [7, 11) is 1.63. The number of pyridine rings is 1. The minimum Gasteiger partial charge on any atom is -0.497 e. The van der Waals surface area contributed by atoms with Crippen LogP contribution in [0, 0.1) is 6.92 Å². The molecule has 106 valence electrons. The summed E-state index contributed by atoms with van der Waals surface area (Å²) in [6.07, 6.45) is 1.81. The van der Waals surface area contributed by atoms with E-state index in [0.29, 0.717) is 5.56 Å². The molecule has 0 bridgehead atoms. The molecule has 0 unspecified atom stereocenters. The summed E-state index contributed by atoms with van der Waals surface area (Å²) in [5, 5.41) is 0. The van der Waals surface area contributed by atoms with Crippen LogP contribution < -0.4 is 15.9 Å². The zero-order chi connectivity index (χ0) is 14.9. The van der Waals surface area contributed by atoms with Gasteiger partial charge in [-0.2, -0.15) is 0 Å². The van der Waals surface area contributed by atoms with Gasteiger partial charge < -0.3 is 15.0 Å². The molecule has 4 heteroatoms. The number of methoxy groups -OCH3 is 1. The first-order chi connectivity index (χ1) is 9.32. The lowest BCUT2D eigenvalue weighted by molar-refractivity contribution is 0.414. The van der Waals surface area contributed by atoms with Crippen LogP contribution in [-0.2, 0) is 5.54 Å². The molecule has 0 amide bonds. The summed E-state index contributed by atoms with van der Waals surface area (Å²) < 4.78 is 7.19. The second-order valence-electron chi connectivity index (χ2n) is 5.49. The fourth-order valence-corrected chi connectivity index (χ4v) is 2.15. The number of hydrogen-bond acceptors (Lipinski definition) is 3. The highest BCUT2D eigenvalue weighted by Gasteiger charge is 2.19. The lowest BCUT2D eigenvalue weighted by Crippen LogP contribution is -2.35. The lowest BCUT2D eigenvalue weighted by Gasteiger charge is -2.21. The second kappa shape index (κ2) is 5.13. The molecule has 2 rings (SSSR count). The monoisotopic (exact) mass is 272 g/mol. The summed E-state index contributed by atoms with van der Waals surface area (Å²) >= 11 is 0. The Balaban J connectivity index is 2.65. The first-order valence-electron chi connectivity index (χ1n) is 6.50. The van der Waals surface area contributed by atoms with Crippen LogP contribution in [0.2, 0.25) is 0 Å². The number of ether oxygens (including phenoxy) is 1. The number of benzene rings is 1. The number of aryl methyl sites for hydroxylation is 1. The van der Waals surface area contributed by atoms with Gasteiger partial charge in [0.25, 0.3) is 0 Å². The zero-order valence-electron chi connectivity index (χ0n) is 12.3. The maximum absolute atomic E-state index is 12.1. The number of aromatic nitrogens is 1. The normalized spacial score (nSPS) is 11.4. The van der Waals surface area contributed by atoms with E-state index in [4.69, 9.17) is 10.5 Å². The van der Waals surface area contributed by atoms with Gasteiger partial charge in [0.05, 0.1) is 7.11 Å². The average Bonchev–Trinajstić information content (AvgIpc) is 2.37. The fraction of sp³-hybridized carbons (Fsp3) is 0.312. The molecular weight excluding hydrogens is 252 g/mol. The standard InChI is InChI=1S/C16H20N2O2/c1-11-8-15(19)14(16(2,3)17)10-18(11)12-6-5-7-13(9-12)20-4/h5-10H,17H2,1-4H3. The van der Waals surface area contributed by atoms with Gasteiger partial charge in [-0.1, -0.05) is 6.07 Å². The molecule has 0 atom stereocenters. The molecule has 1 heterocycles. The van der Waals surface area contributed by atoms with Crippen LogP contribution in [0.5, 0.6) is 5.75 Å². The van der Waals surface area contributed by atoms with Crippen molar-refractivity contribution >= 4 is 0 Å². The Morgan fingerprint density at radius 2 is 1.95 bits per heavy atom. The predicted octanol–water partition coefficient (Wildman–Crippen LogP) is 2.35. The van der Waals surface area contributed by atoms with Crippen molar-refractivity contribution < 1.29 is 4.74 Å². The van der Waals surface area contributed by atoms with Crippen LogP contribution >= 0.6 is 0 Å². The van der Waals surface area contributed by atoms with Crippen molar-refractivity contribution in [3.63, 3.8) is 0 Å². The molecule has 0 aliphatic carbocycles. The van der Waals surface area contributed by atoms with Gasteiger partial charge in [0.15, 0.2) is 5.43 Å². The first-order valence-corrected chi connectivity index (χ1v) is 6.50. The van der Waals surface area contributed by atoms with E-state index in [1.807, 2.05) is 55.8 Å². The molecule has 0 saturated heterocycles. The van der Waals surface area contributed by atoms with Crippen molar-refractivity contribution in [1.82, 2.24) is 4.57 Å². The number of nitrogens with two attached hydrogens (primary N) is 1. The molecule has 0 spiro atoms. The first kappa shape index (κ1) is 14.3. The molecule has 1 aromatic heterocycles. The Morgan fingerprint density at radius 3 is 2.55 bits per heavy atom. The molecule has 2 aromatic rings. The van der Waals surface area contributed by atoms with Crippen molar-refractivity contribution in [2.75, 3.05) is 7.11 Å². The van der Waals surface area contributed by atoms with Crippen molar-refractivity contribution in [2.45, 2.75) is 26.3 Å². The summed E-state index contributed by atoms with van der Waals surface area (Å²) in [4.78, 5) is 12.1. The molecule has 4 nitrogen and oxygen atoms in total. The van der Waals surface area contributed by atoms with E-state index in [0.717, 1.165) is 17.1 Å². The third-order valence-electron chi connectivity index (χ3n) is 3.27. The summed E-state index contributed by atoms with van der Waals surface area (Å²) in [6, 6.07) is 9.30. The number of hydrogen-bond donors (Lipinski definition) is 1. The zero-order valence-corrected chi connectivity index (χ0v) is 12.3. The predicted molar refractivity (Wildman–Crippen MR) is 80.5 cm³/mol. The van der Waals surface area contributed by atoms with E-state index in [1.165, 1.54) is 0 Å². The average molecular weight is 272 g/mol. The second-order valence-corrected chi connectivity index (χ2v) is 5.49. The molecule has 1 aromatic carbocycles. The molecular formula is C16H20N2O2. The molecule has 20 heavy (non-hydrogen) atoms. The fourth-order valence-electron chi connectivity index (χ4n) is 2.15. The van der Waals surface area contributed by atoms with Gasteiger partial charge >= 0.3 is 0 Å². The van der Waals surface area contributed by atoms with E-state index in [2.05, 4.69) is 0 Å². The quantitative estimate of drug-likeness (QED) is 0.933. The van der Waals surface area contributed by atoms with Crippen LogP contribution in [0.15, 0.2) is 41.3 Å². The van der Waals surface area contributed by atoms with Crippen LogP contribution in [-0.4, -0.2) is 11.7 Å². The smallest absolute Gasteiger partial charge is 0.186 e. The minimum absolute atomic E-state index is 0.0332. The third-order valence-corrected chi connectivity index (χ3v) is 3.27. The summed E-state index contributed by atoms with van der Waals surface area (Å²) in [5.74, 6) is 0.772. The molecule has 0 aliphatic heterocycles. The topological polar surface area (TPSA) is 57.2 Å². The van der Waals surface area contributed by atoms with E-state index >= 15 is 0 Å². The van der Waals surface area contributed by atoms with E-state index in [-0.39, 0.29) is 5.43 Å². The maximum atomic E-state index is 12.1.